The third kappa shape index (κ3) is 9.79. The first-order chi connectivity index (χ1) is 21.3. The van der Waals surface area contributed by atoms with Crippen molar-refractivity contribution in [1.82, 2.24) is 9.88 Å². The maximum atomic E-state index is 12.2. The van der Waals surface area contributed by atoms with Crippen molar-refractivity contribution in [3.63, 3.8) is 0 Å². The van der Waals surface area contributed by atoms with Gasteiger partial charge in [0.15, 0.2) is 5.82 Å². The van der Waals surface area contributed by atoms with Crippen molar-refractivity contribution >= 4 is 31.1 Å². The molecule has 0 aromatic carbocycles. The number of ether oxygens (including phenoxy) is 1. The number of nitrogens with one attached hydrogen (secondary N) is 1. The van der Waals surface area contributed by atoms with Gasteiger partial charge in [0.2, 0.25) is 11.8 Å². The topological polar surface area (TPSA) is 85.6 Å². The molecule has 1 amide bonds. The number of hydrazone groups is 1. The molecule has 0 radical (unpaired) electrons. The molecule has 2 aliphatic heterocycles. The number of aromatic amines is 1. The third-order valence-electron chi connectivity index (χ3n) is 7.45. The number of fused-ring (bicyclic) bond motifs is 1. The number of H-pyrrole nitrogens is 1. The lowest BCUT2D eigenvalue weighted by Gasteiger charge is -2.28. The van der Waals surface area contributed by atoms with E-state index in [1.54, 1.807) is 11.1 Å². The minimum atomic E-state index is -0.0269. The Balaban J connectivity index is 0.00000102. The summed E-state index contributed by atoms with van der Waals surface area (Å²) in [6.07, 6.45) is 20.3. The molecule has 1 aromatic rings. The number of aliphatic imine (C=N–C) groups is 2. The van der Waals surface area contributed by atoms with Crippen LogP contribution in [0.3, 0.4) is 0 Å². The Morgan fingerprint density at radius 2 is 1.91 bits per heavy atom. The van der Waals surface area contributed by atoms with E-state index in [9.17, 15) is 4.79 Å². The molecular weight excluding hydrogens is 548 g/mol. The van der Waals surface area contributed by atoms with Crippen molar-refractivity contribution < 1.29 is 9.53 Å². The van der Waals surface area contributed by atoms with E-state index in [0.29, 0.717) is 24.7 Å². The number of hydrogen-bond acceptors (Lipinski definition) is 6. The van der Waals surface area contributed by atoms with Gasteiger partial charge in [-0.3, -0.25) is 9.79 Å². The Morgan fingerprint density at radius 3 is 2.50 bits per heavy atom. The summed E-state index contributed by atoms with van der Waals surface area (Å²) in [5.74, 6) is 2.16. The van der Waals surface area contributed by atoms with Crippen LogP contribution in [0.1, 0.15) is 78.7 Å². The first kappa shape index (κ1) is 35.7. The van der Waals surface area contributed by atoms with Gasteiger partial charge >= 0.3 is 0 Å². The predicted molar refractivity (Wildman–Crippen MR) is 187 cm³/mol. The zero-order valence-electron chi connectivity index (χ0n) is 27.3. The van der Waals surface area contributed by atoms with E-state index >= 15 is 0 Å². The van der Waals surface area contributed by atoms with E-state index in [0.717, 1.165) is 72.4 Å². The molecular formula is C36H50N6O2. The highest BCUT2D eigenvalue weighted by atomic mass is 16.5. The van der Waals surface area contributed by atoms with Crippen LogP contribution in [0.25, 0.3) is 0 Å². The average Bonchev–Trinajstić information content (AvgIpc) is 3.42. The highest BCUT2D eigenvalue weighted by Gasteiger charge is 2.30. The highest BCUT2D eigenvalue weighted by Crippen LogP contribution is 2.34. The van der Waals surface area contributed by atoms with Crippen LogP contribution < -0.4 is 5.01 Å². The number of hydrogen-bond donors (Lipinski definition) is 1. The van der Waals surface area contributed by atoms with Gasteiger partial charge in [-0.05, 0) is 82.0 Å². The van der Waals surface area contributed by atoms with Gasteiger partial charge in [0.25, 0.3) is 0 Å². The Labute approximate surface area is 264 Å². The lowest BCUT2D eigenvalue weighted by atomic mass is 10.0. The molecule has 0 bridgehead atoms. The van der Waals surface area contributed by atoms with Crippen molar-refractivity contribution in [3.05, 3.63) is 102 Å². The number of aromatic nitrogens is 1. The number of nitrogens with zero attached hydrogens (tertiary/aromatic N) is 5. The van der Waals surface area contributed by atoms with Crippen LogP contribution in [0.15, 0.2) is 111 Å². The molecule has 0 aliphatic carbocycles. The molecule has 0 saturated carbocycles. The summed E-state index contributed by atoms with van der Waals surface area (Å²) in [5.41, 5.74) is 4.62. The molecule has 8 heteroatoms. The van der Waals surface area contributed by atoms with Crippen molar-refractivity contribution in [1.29, 1.82) is 0 Å². The fourth-order valence-electron chi connectivity index (χ4n) is 4.94. The van der Waals surface area contributed by atoms with Crippen LogP contribution in [0, 0.1) is 0 Å². The molecule has 1 fully saturated rings. The van der Waals surface area contributed by atoms with E-state index in [2.05, 4.69) is 54.7 Å². The average molecular weight is 599 g/mol. The molecule has 0 spiro atoms. The number of likely N-dealkylation sites (tertiary alicyclic amines) is 1. The van der Waals surface area contributed by atoms with Crippen molar-refractivity contribution in [2.24, 2.45) is 15.1 Å². The SMILES string of the molecule is C=C/C=C(C)/C(=C/C=C(CC)/C(C)=C1\N=C(OC2CCCN(C(=O)CC)CC2)c2cc[nH]c2N1N=C)N=C.C=CC/C=C\C. The lowest BCUT2D eigenvalue weighted by molar-refractivity contribution is -0.130. The smallest absolute Gasteiger partial charge is 0.226 e. The van der Waals surface area contributed by atoms with Crippen LogP contribution in [-0.4, -0.2) is 54.3 Å². The fraction of sp³-hybridized carbons (Fsp3) is 0.389. The molecule has 236 valence electrons. The van der Waals surface area contributed by atoms with Gasteiger partial charge in [-0.2, -0.15) is 15.1 Å². The number of anilines is 1. The number of amides is 1. The van der Waals surface area contributed by atoms with Crippen LogP contribution in [0.2, 0.25) is 0 Å². The summed E-state index contributed by atoms with van der Waals surface area (Å²) in [4.78, 5) is 26.6. The van der Waals surface area contributed by atoms with Gasteiger partial charge in [-0.25, -0.2) is 0 Å². The standard InChI is InChI=1S/C30H40N6O2.C6H10/c1-8-12-21(4)26(31-6)15-14-23(9-2)22(5)28-34-30(25-16-18-33-29(25)36(28)32-7)38-24-13-11-19-35(20-17-24)27(37)10-3;1-3-5-6-4-2/h8,12,14-16,18,24,33H,1,6-7,9-11,13,17,19-20H2,2-5H3;3-4,6H,1,5H2,2H3/b21-12+,23-14+,26-15-,28-22+;6-4-. The normalized spacial score (nSPS) is 18.8. The largest absolute Gasteiger partial charge is 0.474 e. The van der Waals surface area contributed by atoms with Crippen LogP contribution in [0.5, 0.6) is 0 Å². The first-order valence-electron chi connectivity index (χ1n) is 15.4. The molecule has 1 unspecified atom stereocenters. The monoisotopic (exact) mass is 598 g/mol. The summed E-state index contributed by atoms with van der Waals surface area (Å²) in [6.45, 7) is 26.3. The Bertz CT molecular complexity index is 1350. The van der Waals surface area contributed by atoms with Crippen LogP contribution in [-0.2, 0) is 9.53 Å². The molecule has 8 nitrogen and oxygen atoms in total. The Hall–Kier alpha value is -4.46. The summed E-state index contributed by atoms with van der Waals surface area (Å²) >= 11 is 0. The summed E-state index contributed by atoms with van der Waals surface area (Å²) in [6, 6.07) is 1.94. The van der Waals surface area contributed by atoms with Crippen molar-refractivity contribution in [2.45, 2.75) is 79.2 Å². The van der Waals surface area contributed by atoms with Crippen LogP contribution in [0.4, 0.5) is 5.82 Å². The number of carbonyl (C=O) groups excluding carboxylic acids is 1. The third-order valence-corrected chi connectivity index (χ3v) is 7.45. The van der Waals surface area contributed by atoms with E-state index in [1.165, 1.54) is 0 Å². The van der Waals surface area contributed by atoms with Gasteiger partial charge in [-0.15, -0.1) is 6.58 Å². The zero-order valence-corrected chi connectivity index (χ0v) is 27.3. The van der Waals surface area contributed by atoms with Gasteiger partial charge in [0.05, 0.1) is 11.3 Å². The van der Waals surface area contributed by atoms with Crippen molar-refractivity contribution in [3.8, 4) is 0 Å². The van der Waals surface area contributed by atoms with Crippen molar-refractivity contribution in [2.75, 3.05) is 18.1 Å². The minimum absolute atomic E-state index is 0.0269. The van der Waals surface area contributed by atoms with Gasteiger partial charge in [0, 0.05) is 38.8 Å². The molecule has 44 heavy (non-hydrogen) atoms. The van der Waals surface area contributed by atoms with E-state index < -0.39 is 0 Å². The Kier molecular flexibility index (Phi) is 15.4. The molecule has 1 atom stereocenters. The summed E-state index contributed by atoms with van der Waals surface area (Å²) in [7, 11) is 0. The second-order valence-corrected chi connectivity index (χ2v) is 10.4. The Morgan fingerprint density at radius 1 is 1.14 bits per heavy atom. The number of allylic oxidation sites excluding steroid dienone is 10. The van der Waals surface area contributed by atoms with E-state index in [-0.39, 0.29) is 12.0 Å². The fourth-order valence-corrected chi connectivity index (χ4v) is 4.94. The zero-order chi connectivity index (χ0) is 32.5. The van der Waals surface area contributed by atoms with Gasteiger partial charge < -0.3 is 14.6 Å². The molecule has 1 saturated heterocycles. The highest BCUT2D eigenvalue weighted by molar-refractivity contribution is 6.02. The van der Waals surface area contributed by atoms with Gasteiger partial charge in [-0.1, -0.05) is 56.9 Å². The van der Waals surface area contributed by atoms with Gasteiger partial charge in [0.1, 0.15) is 11.9 Å². The second kappa shape index (κ2) is 18.9. The van der Waals surface area contributed by atoms with Crippen LogP contribution >= 0.6 is 0 Å². The molecule has 1 N–H and O–H groups in total. The summed E-state index contributed by atoms with van der Waals surface area (Å²) in [5, 5.41) is 5.99. The minimum Gasteiger partial charge on any atom is -0.474 e. The summed E-state index contributed by atoms with van der Waals surface area (Å²) < 4.78 is 6.52. The van der Waals surface area contributed by atoms with E-state index in [4.69, 9.17) is 9.73 Å². The quantitative estimate of drug-likeness (QED) is 0.158. The lowest BCUT2D eigenvalue weighted by Crippen LogP contribution is -2.32. The first-order valence-corrected chi connectivity index (χ1v) is 15.4. The predicted octanol–water partition coefficient (Wildman–Crippen LogP) is 8.43. The molecule has 3 rings (SSSR count). The molecule has 3 heterocycles. The molecule has 2 aliphatic rings. The maximum absolute atomic E-state index is 12.2. The number of carbonyl (C=O) groups is 1. The molecule has 1 aromatic heterocycles. The second-order valence-electron chi connectivity index (χ2n) is 10.4. The maximum Gasteiger partial charge on any atom is 0.226 e. The number of rotatable bonds is 11. The van der Waals surface area contributed by atoms with E-state index in [1.807, 2.05) is 75.2 Å².